The molecule has 1 N–H and O–H groups in total. The van der Waals surface area contributed by atoms with E-state index in [2.05, 4.69) is 26.3 Å². The van der Waals surface area contributed by atoms with E-state index in [0.29, 0.717) is 26.2 Å². The van der Waals surface area contributed by atoms with Crippen molar-refractivity contribution in [3.63, 3.8) is 0 Å². The molecule has 0 rings (SSSR count). The summed E-state index contributed by atoms with van der Waals surface area (Å²) in [4.78, 5) is 10.6. The molecule has 1 unspecified atom stereocenters. The van der Waals surface area contributed by atoms with E-state index in [0.717, 1.165) is 78.2 Å². The summed E-state index contributed by atoms with van der Waals surface area (Å²) in [6.07, 6.45) is 8.19. The van der Waals surface area contributed by atoms with Crippen LogP contribution in [0.5, 0.6) is 0 Å². The van der Waals surface area contributed by atoms with Crippen LogP contribution < -0.4 is 56.7 Å². The maximum absolute atomic E-state index is 10.6. The maximum Gasteiger partial charge on any atom is 1.00 e. The Labute approximate surface area is 289 Å². The van der Waals surface area contributed by atoms with E-state index in [1.807, 2.05) is 69.2 Å². The van der Waals surface area contributed by atoms with Crippen LogP contribution in [0.25, 0.3) is 0 Å². The van der Waals surface area contributed by atoms with Crippen molar-refractivity contribution in [1.82, 2.24) is 5.32 Å². The van der Waals surface area contributed by atoms with E-state index < -0.39 is 5.54 Å². The zero-order chi connectivity index (χ0) is 30.8. The number of carbonyl (C=O) groups is 1. The van der Waals surface area contributed by atoms with Gasteiger partial charge in [0.2, 0.25) is 6.41 Å². The first-order valence-corrected chi connectivity index (χ1v) is 15.6. The average molecular weight is 594 g/mol. The summed E-state index contributed by atoms with van der Waals surface area (Å²) in [6, 6.07) is 0. The average Bonchev–Trinajstić information content (AvgIpc) is 2.98. The van der Waals surface area contributed by atoms with E-state index in [1.54, 1.807) is 0 Å². The third kappa shape index (κ3) is 55.5. The van der Waals surface area contributed by atoms with Crippen LogP contribution in [0.3, 0.4) is 0 Å². The molecule has 0 aromatic rings. The summed E-state index contributed by atoms with van der Waals surface area (Å²) in [5.41, 5.74) is -0.421. The standard InChI is InChI=1S/C12H26O3.C11H22NO3.4C2H6.K/c1-3-8-14-11-12-15-10-7-5-6-9-13-4-2;1-4-6-7-11(8-14-3,12-10-13)9-15-5-2;4*1-2;/h3-12H2,1-2H3;10H,3-9H2,1-2H3,(H,12,13);4*1-2H3;/q;-1;;;;;+1. The largest absolute Gasteiger partial charge is 1.00 e. The molecular formula is C31H72KNO6. The minimum Gasteiger partial charge on any atom is -0.553 e. The fourth-order valence-electron chi connectivity index (χ4n) is 2.67. The molecule has 0 aliphatic carbocycles. The second-order valence-electron chi connectivity index (χ2n) is 7.11. The molecule has 1 atom stereocenters. The first-order valence-electron chi connectivity index (χ1n) is 15.6. The van der Waals surface area contributed by atoms with E-state index in [4.69, 9.17) is 23.7 Å². The number of ether oxygens (including phenoxy) is 5. The van der Waals surface area contributed by atoms with Crippen molar-refractivity contribution in [2.24, 2.45) is 0 Å². The van der Waals surface area contributed by atoms with Gasteiger partial charge in [0, 0.05) is 39.6 Å². The van der Waals surface area contributed by atoms with Gasteiger partial charge in [0.05, 0.1) is 25.4 Å². The molecule has 0 spiro atoms. The summed E-state index contributed by atoms with van der Waals surface area (Å²) in [6.45, 7) is 30.5. The summed E-state index contributed by atoms with van der Waals surface area (Å²) in [7, 11) is 3.36. The van der Waals surface area contributed by atoms with Gasteiger partial charge in [-0.15, -0.1) is 0 Å². The maximum atomic E-state index is 10.6. The van der Waals surface area contributed by atoms with Gasteiger partial charge in [-0.05, 0) is 46.0 Å². The summed E-state index contributed by atoms with van der Waals surface area (Å²) in [5.74, 6) is 0. The van der Waals surface area contributed by atoms with Crippen LogP contribution >= 0.6 is 0 Å². The zero-order valence-corrected chi connectivity index (χ0v) is 32.2. The Hall–Kier alpha value is 0.906. The van der Waals surface area contributed by atoms with Crippen LogP contribution in [0.2, 0.25) is 0 Å². The molecule has 0 aliphatic heterocycles. The second-order valence-corrected chi connectivity index (χ2v) is 7.11. The fraction of sp³-hybridized carbons (Fsp3) is 0.935. The van der Waals surface area contributed by atoms with Crippen molar-refractivity contribution in [2.45, 2.75) is 134 Å². The number of rotatable bonds is 22. The SMILES string of the molecule is CC.CC.CC.CC.CCCOCCOCCCCCOCC.[CH2-]OCC(CCCC)(COCC)NC=O.[K+]. The van der Waals surface area contributed by atoms with Gasteiger partial charge >= 0.3 is 51.4 Å². The van der Waals surface area contributed by atoms with Gasteiger partial charge < -0.3 is 29.0 Å². The van der Waals surface area contributed by atoms with E-state index in [-0.39, 0.29) is 51.4 Å². The van der Waals surface area contributed by atoms with E-state index >= 15 is 0 Å². The molecule has 0 aliphatic rings. The van der Waals surface area contributed by atoms with Gasteiger partial charge in [-0.1, -0.05) is 82.1 Å². The van der Waals surface area contributed by atoms with Crippen molar-refractivity contribution in [3.05, 3.63) is 7.11 Å². The molecule has 0 saturated heterocycles. The molecule has 0 radical (unpaired) electrons. The van der Waals surface area contributed by atoms with Gasteiger partial charge in [-0.25, -0.2) is 7.11 Å². The molecule has 0 aromatic heterocycles. The molecule has 0 saturated carbocycles. The van der Waals surface area contributed by atoms with Gasteiger partial charge in [0.1, 0.15) is 0 Å². The smallest absolute Gasteiger partial charge is 0.553 e. The van der Waals surface area contributed by atoms with Crippen molar-refractivity contribution in [1.29, 1.82) is 0 Å². The molecule has 0 aromatic carbocycles. The Morgan fingerprint density at radius 2 is 1.10 bits per heavy atom. The molecule has 238 valence electrons. The van der Waals surface area contributed by atoms with Crippen LogP contribution in [0.1, 0.15) is 128 Å². The third-order valence-electron chi connectivity index (χ3n) is 4.34. The number of hydrogen-bond acceptors (Lipinski definition) is 6. The predicted octanol–water partition coefficient (Wildman–Crippen LogP) is 5.25. The third-order valence-corrected chi connectivity index (χ3v) is 4.34. The Bertz CT molecular complexity index is 320. The molecule has 1 amide bonds. The van der Waals surface area contributed by atoms with Crippen LogP contribution in [0, 0.1) is 7.11 Å². The van der Waals surface area contributed by atoms with E-state index in [9.17, 15) is 4.79 Å². The Morgan fingerprint density at radius 1 is 0.615 bits per heavy atom. The van der Waals surface area contributed by atoms with Crippen LogP contribution in [-0.4, -0.2) is 71.4 Å². The van der Waals surface area contributed by atoms with Gasteiger partial charge in [0.15, 0.2) is 0 Å². The fourth-order valence-corrected chi connectivity index (χ4v) is 2.67. The van der Waals surface area contributed by atoms with Crippen molar-refractivity contribution in [3.8, 4) is 0 Å². The topological polar surface area (TPSA) is 75.2 Å². The van der Waals surface area contributed by atoms with E-state index in [1.165, 1.54) is 6.42 Å². The Balaban J connectivity index is -0.0000000816. The number of amides is 1. The Morgan fingerprint density at radius 3 is 1.51 bits per heavy atom. The monoisotopic (exact) mass is 593 g/mol. The zero-order valence-electron chi connectivity index (χ0n) is 29.0. The molecule has 0 heterocycles. The number of hydrogen-bond donors (Lipinski definition) is 1. The van der Waals surface area contributed by atoms with Crippen molar-refractivity contribution < 1.29 is 79.9 Å². The Kier molecular flexibility index (Phi) is 89.4. The molecule has 0 bridgehead atoms. The first-order chi connectivity index (χ1) is 18.7. The van der Waals surface area contributed by atoms with Crippen LogP contribution in [0.15, 0.2) is 0 Å². The molecule has 39 heavy (non-hydrogen) atoms. The molecule has 7 nitrogen and oxygen atoms in total. The second kappa shape index (κ2) is 62.5. The quantitative estimate of drug-likeness (QED) is 0.0800. The van der Waals surface area contributed by atoms with Gasteiger partial charge in [-0.3, -0.25) is 4.79 Å². The first kappa shape index (κ1) is 55.8. The summed E-state index contributed by atoms with van der Waals surface area (Å²) in [5, 5.41) is 2.80. The summed E-state index contributed by atoms with van der Waals surface area (Å²) < 4.78 is 26.2. The number of carbonyl (C=O) groups excluding carboxylic acids is 1. The normalized spacial score (nSPS) is 10.4. The minimum absolute atomic E-state index is 0. The number of nitrogens with one attached hydrogen (secondary N) is 1. The molecule has 8 heteroatoms. The van der Waals surface area contributed by atoms with Gasteiger partial charge in [-0.2, -0.15) is 0 Å². The summed E-state index contributed by atoms with van der Waals surface area (Å²) >= 11 is 0. The number of unbranched alkanes of at least 4 members (excludes halogenated alkanes) is 3. The van der Waals surface area contributed by atoms with Gasteiger partial charge in [0.25, 0.3) is 0 Å². The molecular weight excluding hydrogens is 521 g/mol. The predicted molar refractivity (Wildman–Crippen MR) is 167 cm³/mol. The molecule has 0 fully saturated rings. The van der Waals surface area contributed by atoms with Crippen LogP contribution in [-0.2, 0) is 28.5 Å². The minimum atomic E-state index is -0.421. The van der Waals surface area contributed by atoms with Crippen molar-refractivity contribution in [2.75, 3.05) is 59.5 Å². The van der Waals surface area contributed by atoms with Crippen LogP contribution in [0.4, 0.5) is 0 Å². The van der Waals surface area contributed by atoms with Crippen molar-refractivity contribution >= 4 is 6.41 Å².